The highest BCUT2D eigenvalue weighted by atomic mass is 16.5. The predicted octanol–water partition coefficient (Wildman–Crippen LogP) is 6.19. The summed E-state index contributed by atoms with van der Waals surface area (Å²) in [6, 6.07) is 31.9. The monoisotopic (exact) mass is 465 g/mol. The molecule has 4 heteroatoms. The van der Waals surface area contributed by atoms with Gasteiger partial charge in [-0.05, 0) is 46.9 Å². The van der Waals surface area contributed by atoms with Gasteiger partial charge in [0, 0.05) is 24.1 Å². The number of methoxy groups -OCH3 is 1. The van der Waals surface area contributed by atoms with Crippen molar-refractivity contribution in [2.75, 3.05) is 13.7 Å². The smallest absolute Gasteiger partial charge is 0.309 e. The van der Waals surface area contributed by atoms with E-state index in [1.807, 2.05) is 18.2 Å². The maximum Gasteiger partial charge on any atom is 0.309 e. The molecule has 0 bridgehead atoms. The zero-order chi connectivity index (χ0) is 24.2. The van der Waals surface area contributed by atoms with Gasteiger partial charge in [-0.1, -0.05) is 84.9 Å². The number of rotatable bonds is 7. The molecule has 35 heavy (non-hydrogen) atoms. The van der Waals surface area contributed by atoms with Crippen molar-refractivity contribution in [2.24, 2.45) is 0 Å². The maximum atomic E-state index is 11.6. The van der Waals surface area contributed by atoms with Crippen LogP contribution in [-0.2, 0) is 16.0 Å². The fourth-order valence-corrected chi connectivity index (χ4v) is 5.09. The molecule has 0 fully saturated rings. The standard InChI is InChI=1S/C31H31NO3/c1-21(26-12-7-9-23-8-3-4-10-27(23)26)32-20-25-19-29(28-11-5-6-13-30(28)35-25)24-16-14-22(15-17-24)18-31(33)34-2/h3-17,21,25,29,32H,18-20H2,1-2H3. The molecule has 4 aromatic carbocycles. The van der Waals surface area contributed by atoms with E-state index >= 15 is 0 Å². The Labute approximate surface area is 206 Å². The second-order valence-corrected chi connectivity index (χ2v) is 9.26. The summed E-state index contributed by atoms with van der Waals surface area (Å²) < 4.78 is 11.2. The molecule has 1 aliphatic heterocycles. The van der Waals surface area contributed by atoms with E-state index in [1.165, 1.54) is 34.6 Å². The first-order valence-corrected chi connectivity index (χ1v) is 12.2. The molecule has 1 aliphatic rings. The Hall–Kier alpha value is -3.63. The summed E-state index contributed by atoms with van der Waals surface area (Å²) in [5.41, 5.74) is 4.72. The van der Waals surface area contributed by atoms with Gasteiger partial charge in [0.1, 0.15) is 11.9 Å². The highest BCUT2D eigenvalue weighted by Crippen LogP contribution is 2.40. The Bertz CT molecular complexity index is 1310. The number of ether oxygens (including phenoxy) is 2. The van der Waals surface area contributed by atoms with Gasteiger partial charge in [0.25, 0.3) is 0 Å². The fourth-order valence-electron chi connectivity index (χ4n) is 5.09. The summed E-state index contributed by atoms with van der Waals surface area (Å²) in [6.07, 6.45) is 1.24. The molecule has 0 amide bonds. The Morgan fingerprint density at radius 1 is 0.971 bits per heavy atom. The summed E-state index contributed by atoms with van der Waals surface area (Å²) in [5, 5.41) is 6.27. The van der Waals surface area contributed by atoms with Crippen LogP contribution in [0.2, 0.25) is 0 Å². The Morgan fingerprint density at radius 3 is 2.54 bits per heavy atom. The van der Waals surface area contributed by atoms with Crippen molar-refractivity contribution in [3.05, 3.63) is 113 Å². The molecule has 178 valence electrons. The molecule has 0 saturated carbocycles. The van der Waals surface area contributed by atoms with Crippen molar-refractivity contribution in [1.82, 2.24) is 5.32 Å². The number of fused-ring (bicyclic) bond motifs is 2. The molecule has 0 aliphatic carbocycles. The van der Waals surface area contributed by atoms with E-state index in [9.17, 15) is 4.79 Å². The van der Waals surface area contributed by atoms with Crippen LogP contribution >= 0.6 is 0 Å². The number of carbonyl (C=O) groups is 1. The van der Waals surface area contributed by atoms with E-state index in [0.717, 1.165) is 24.3 Å². The quantitative estimate of drug-likeness (QED) is 0.331. The minimum absolute atomic E-state index is 0.0575. The third kappa shape index (κ3) is 5.08. The number of para-hydroxylation sites is 1. The normalized spacial score (nSPS) is 17.9. The fraction of sp³-hybridized carbons (Fsp3) is 0.258. The highest BCUT2D eigenvalue weighted by molar-refractivity contribution is 5.86. The minimum atomic E-state index is -0.222. The molecule has 0 spiro atoms. The van der Waals surface area contributed by atoms with Crippen LogP contribution in [0.3, 0.4) is 0 Å². The van der Waals surface area contributed by atoms with Crippen molar-refractivity contribution >= 4 is 16.7 Å². The van der Waals surface area contributed by atoms with Crippen LogP contribution in [0.1, 0.15) is 47.6 Å². The topological polar surface area (TPSA) is 47.6 Å². The number of hydrogen-bond acceptors (Lipinski definition) is 4. The van der Waals surface area contributed by atoms with Gasteiger partial charge in [-0.2, -0.15) is 0 Å². The van der Waals surface area contributed by atoms with E-state index in [-0.39, 0.29) is 24.0 Å². The van der Waals surface area contributed by atoms with Gasteiger partial charge in [0.2, 0.25) is 0 Å². The lowest BCUT2D eigenvalue weighted by atomic mass is 9.83. The molecular formula is C31H31NO3. The number of carbonyl (C=O) groups excluding carboxylic acids is 1. The first-order chi connectivity index (χ1) is 17.1. The largest absolute Gasteiger partial charge is 0.489 e. The lowest BCUT2D eigenvalue weighted by Gasteiger charge is -2.33. The van der Waals surface area contributed by atoms with Gasteiger partial charge in [0.05, 0.1) is 13.5 Å². The summed E-state index contributed by atoms with van der Waals surface area (Å²) >= 11 is 0. The van der Waals surface area contributed by atoms with Gasteiger partial charge >= 0.3 is 5.97 Å². The average Bonchev–Trinajstić information content (AvgIpc) is 2.91. The summed E-state index contributed by atoms with van der Waals surface area (Å²) in [6.45, 7) is 2.98. The molecule has 4 aromatic rings. The molecule has 0 saturated heterocycles. The molecule has 5 rings (SSSR count). The van der Waals surface area contributed by atoms with Crippen molar-refractivity contribution in [1.29, 1.82) is 0 Å². The third-order valence-electron chi connectivity index (χ3n) is 6.99. The number of benzene rings is 4. The number of hydrogen-bond donors (Lipinski definition) is 1. The zero-order valence-corrected chi connectivity index (χ0v) is 20.2. The van der Waals surface area contributed by atoms with E-state index in [0.29, 0.717) is 6.42 Å². The molecule has 3 atom stereocenters. The summed E-state index contributed by atoms with van der Waals surface area (Å²) in [4.78, 5) is 11.6. The van der Waals surface area contributed by atoms with Gasteiger partial charge in [-0.3, -0.25) is 4.79 Å². The van der Waals surface area contributed by atoms with Crippen LogP contribution in [-0.4, -0.2) is 25.7 Å². The van der Waals surface area contributed by atoms with Gasteiger partial charge in [-0.25, -0.2) is 0 Å². The molecule has 1 N–H and O–H groups in total. The van der Waals surface area contributed by atoms with Crippen molar-refractivity contribution < 1.29 is 14.3 Å². The molecule has 0 radical (unpaired) electrons. The molecule has 3 unspecified atom stereocenters. The van der Waals surface area contributed by atoms with Crippen LogP contribution in [0.15, 0.2) is 91.0 Å². The third-order valence-corrected chi connectivity index (χ3v) is 6.99. The van der Waals surface area contributed by atoms with Crippen molar-refractivity contribution in [3.8, 4) is 5.75 Å². The van der Waals surface area contributed by atoms with Gasteiger partial charge in [0.15, 0.2) is 0 Å². The van der Waals surface area contributed by atoms with Crippen molar-refractivity contribution in [2.45, 2.75) is 37.8 Å². The lowest BCUT2D eigenvalue weighted by Crippen LogP contribution is -2.37. The average molecular weight is 466 g/mol. The van der Waals surface area contributed by atoms with Crippen LogP contribution in [0.5, 0.6) is 5.75 Å². The first kappa shape index (κ1) is 23.1. The second kappa shape index (κ2) is 10.3. The van der Waals surface area contributed by atoms with Crippen LogP contribution in [0.25, 0.3) is 10.8 Å². The van der Waals surface area contributed by atoms with E-state index < -0.39 is 0 Å². The summed E-state index contributed by atoms with van der Waals surface area (Å²) in [7, 11) is 1.42. The Morgan fingerprint density at radius 2 is 1.71 bits per heavy atom. The van der Waals surface area contributed by atoms with Gasteiger partial charge in [-0.15, -0.1) is 0 Å². The maximum absolute atomic E-state index is 11.6. The highest BCUT2D eigenvalue weighted by Gasteiger charge is 2.29. The van der Waals surface area contributed by atoms with E-state index in [1.54, 1.807) is 0 Å². The summed E-state index contributed by atoms with van der Waals surface area (Å²) in [5.74, 6) is 0.972. The van der Waals surface area contributed by atoms with Crippen molar-refractivity contribution in [3.63, 3.8) is 0 Å². The molecule has 4 nitrogen and oxygen atoms in total. The molecule has 0 aromatic heterocycles. The van der Waals surface area contributed by atoms with E-state index in [4.69, 9.17) is 9.47 Å². The van der Waals surface area contributed by atoms with Crippen LogP contribution in [0, 0.1) is 0 Å². The van der Waals surface area contributed by atoms with E-state index in [2.05, 4.69) is 85.0 Å². The van der Waals surface area contributed by atoms with Crippen LogP contribution in [0.4, 0.5) is 0 Å². The minimum Gasteiger partial charge on any atom is -0.489 e. The second-order valence-electron chi connectivity index (χ2n) is 9.26. The Kier molecular flexibility index (Phi) is 6.82. The number of esters is 1. The lowest BCUT2D eigenvalue weighted by molar-refractivity contribution is -0.139. The molecule has 1 heterocycles. The number of nitrogens with one attached hydrogen (secondary N) is 1. The van der Waals surface area contributed by atoms with Crippen LogP contribution < -0.4 is 10.1 Å². The SMILES string of the molecule is COC(=O)Cc1ccc(C2CC(CNC(C)c3cccc4ccccc34)Oc3ccccc32)cc1. The zero-order valence-electron chi connectivity index (χ0n) is 20.2. The first-order valence-electron chi connectivity index (χ1n) is 12.2. The predicted molar refractivity (Wildman–Crippen MR) is 140 cm³/mol. The molecular weight excluding hydrogens is 434 g/mol. The Balaban J connectivity index is 1.32. The van der Waals surface area contributed by atoms with Gasteiger partial charge < -0.3 is 14.8 Å².